The first-order chi connectivity index (χ1) is 13.6. The Hall–Kier alpha value is -2.70. The van der Waals surface area contributed by atoms with Crippen molar-refractivity contribution in [2.24, 2.45) is 0 Å². The van der Waals surface area contributed by atoms with E-state index < -0.39 is 0 Å². The second kappa shape index (κ2) is 7.73. The molecular weight excluding hydrogens is 391 g/mol. The molecule has 2 heterocycles. The second-order valence-corrected chi connectivity index (χ2v) is 8.08. The molecule has 0 bridgehead atoms. The Kier molecular flexibility index (Phi) is 5.15. The van der Waals surface area contributed by atoms with Crippen molar-refractivity contribution < 1.29 is 9.18 Å². The van der Waals surface area contributed by atoms with Crippen LogP contribution in [0, 0.1) is 5.82 Å². The van der Waals surface area contributed by atoms with Gasteiger partial charge in [0.2, 0.25) is 0 Å². The van der Waals surface area contributed by atoms with E-state index in [9.17, 15) is 9.18 Å². The monoisotopic (exact) mass is 408 g/mol. The van der Waals surface area contributed by atoms with Crippen LogP contribution >= 0.6 is 24.0 Å². The largest absolute Gasteiger partial charge is 0.342 e. The smallest absolute Gasteiger partial charge is 0.266 e. The molecule has 1 aliphatic rings. The van der Waals surface area contributed by atoms with E-state index in [0.29, 0.717) is 27.9 Å². The Morgan fingerprint density at radius 1 is 1.14 bits per heavy atom. The first kappa shape index (κ1) is 18.7. The van der Waals surface area contributed by atoms with Gasteiger partial charge in [-0.05, 0) is 18.2 Å². The van der Waals surface area contributed by atoms with Crippen molar-refractivity contribution in [1.29, 1.82) is 0 Å². The second-order valence-electron chi connectivity index (χ2n) is 6.40. The van der Waals surface area contributed by atoms with Crippen LogP contribution in [0.1, 0.15) is 11.1 Å². The highest BCUT2D eigenvalue weighted by molar-refractivity contribution is 8.26. The molecule has 3 nitrogen and oxygen atoms in total. The predicted molar refractivity (Wildman–Crippen MR) is 118 cm³/mol. The molecule has 1 fully saturated rings. The lowest BCUT2D eigenvalue weighted by molar-refractivity contribution is -0.121. The Bertz CT molecular complexity index is 1130. The van der Waals surface area contributed by atoms with Gasteiger partial charge in [-0.2, -0.15) is 0 Å². The highest BCUT2D eigenvalue weighted by atomic mass is 32.2. The Labute approximate surface area is 172 Å². The van der Waals surface area contributed by atoms with Crippen molar-refractivity contribution in [2.45, 2.75) is 6.54 Å². The van der Waals surface area contributed by atoms with Gasteiger partial charge < -0.3 is 4.57 Å². The number of benzene rings is 2. The van der Waals surface area contributed by atoms with Gasteiger partial charge in [-0.15, -0.1) is 6.58 Å². The summed E-state index contributed by atoms with van der Waals surface area (Å²) >= 11 is 6.60. The highest BCUT2D eigenvalue weighted by Crippen LogP contribution is 2.34. The summed E-state index contributed by atoms with van der Waals surface area (Å²) in [7, 11) is 0. The average Bonchev–Trinajstić information content (AvgIpc) is 3.17. The van der Waals surface area contributed by atoms with Crippen LogP contribution in [0.15, 0.2) is 72.3 Å². The van der Waals surface area contributed by atoms with Crippen LogP contribution in [0.2, 0.25) is 0 Å². The highest BCUT2D eigenvalue weighted by Gasteiger charge is 2.31. The number of amides is 1. The summed E-state index contributed by atoms with van der Waals surface area (Å²) in [4.78, 5) is 14.8. The van der Waals surface area contributed by atoms with Gasteiger partial charge >= 0.3 is 0 Å². The minimum absolute atomic E-state index is 0.110. The minimum atomic E-state index is -0.230. The van der Waals surface area contributed by atoms with Gasteiger partial charge in [0.1, 0.15) is 10.1 Å². The topological polar surface area (TPSA) is 25.2 Å². The molecule has 0 spiro atoms. The number of fused-ring (bicyclic) bond motifs is 1. The lowest BCUT2D eigenvalue weighted by atomic mass is 10.1. The zero-order chi connectivity index (χ0) is 19.7. The zero-order valence-electron chi connectivity index (χ0n) is 15.0. The summed E-state index contributed by atoms with van der Waals surface area (Å²) in [5, 5.41) is 1.01. The van der Waals surface area contributed by atoms with Crippen LogP contribution in [0.4, 0.5) is 4.39 Å². The summed E-state index contributed by atoms with van der Waals surface area (Å²) in [6.07, 6.45) is 5.48. The van der Waals surface area contributed by atoms with Gasteiger partial charge in [-0.1, -0.05) is 66.5 Å². The maximum atomic E-state index is 14.1. The summed E-state index contributed by atoms with van der Waals surface area (Å²) in [6, 6.07) is 14.7. The zero-order valence-corrected chi connectivity index (χ0v) is 16.6. The number of rotatable bonds is 5. The van der Waals surface area contributed by atoms with E-state index in [1.165, 1.54) is 22.7 Å². The molecule has 1 saturated heterocycles. The van der Waals surface area contributed by atoms with Crippen LogP contribution in [-0.4, -0.2) is 26.2 Å². The fourth-order valence-corrected chi connectivity index (χ4v) is 4.52. The molecule has 2 aromatic carbocycles. The minimum Gasteiger partial charge on any atom is -0.342 e. The van der Waals surface area contributed by atoms with Crippen LogP contribution < -0.4 is 0 Å². The predicted octanol–water partition coefficient (Wildman–Crippen LogP) is 5.22. The fourth-order valence-electron chi connectivity index (χ4n) is 3.26. The van der Waals surface area contributed by atoms with E-state index in [-0.39, 0.29) is 11.7 Å². The Morgan fingerprint density at radius 2 is 1.89 bits per heavy atom. The molecule has 1 amide bonds. The van der Waals surface area contributed by atoms with E-state index in [1.807, 2.05) is 47.2 Å². The van der Waals surface area contributed by atoms with E-state index in [0.717, 1.165) is 16.5 Å². The lowest BCUT2D eigenvalue weighted by Crippen LogP contribution is -2.27. The number of nitrogens with zero attached hydrogens (tertiary/aromatic N) is 2. The normalized spacial score (nSPS) is 15.8. The molecule has 4 rings (SSSR count). The quantitative estimate of drug-likeness (QED) is 0.329. The van der Waals surface area contributed by atoms with E-state index in [2.05, 4.69) is 6.58 Å². The Morgan fingerprint density at radius 3 is 2.68 bits per heavy atom. The number of para-hydroxylation sites is 1. The van der Waals surface area contributed by atoms with Crippen molar-refractivity contribution in [3.8, 4) is 0 Å². The first-order valence-corrected chi connectivity index (χ1v) is 9.98. The number of hydrogen-bond acceptors (Lipinski definition) is 3. The average molecular weight is 409 g/mol. The molecular formula is C22H17FN2OS2. The maximum Gasteiger partial charge on any atom is 0.266 e. The first-order valence-electron chi connectivity index (χ1n) is 8.76. The van der Waals surface area contributed by atoms with Crippen molar-refractivity contribution in [2.75, 3.05) is 6.54 Å². The molecule has 0 atom stereocenters. The van der Waals surface area contributed by atoms with Crippen molar-refractivity contribution in [3.05, 3.63) is 89.2 Å². The molecule has 0 aliphatic carbocycles. The van der Waals surface area contributed by atoms with Crippen LogP contribution in [-0.2, 0) is 11.3 Å². The fraction of sp³-hybridized carbons (Fsp3) is 0.0909. The van der Waals surface area contributed by atoms with Gasteiger partial charge in [0.15, 0.2) is 0 Å². The van der Waals surface area contributed by atoms with E-state index >= 15 is 0 Å². The summed E-state index contributed by atoms with van der Waals surface area (Å²) in [5.74, 6) is -0.340. The summed E-state index contributed by atoms with van der Waals surface area (Å²) in [5.41, 5.74) is 2.51. The van der Waals surface area contributed by atoms with Gasteiger partial charge in [0.25, 0.3) is 5.91 Å². The van der Waals surface area contributed by atoms with Crippen LogP contribution in [0.5, 0.6) is 0 Å². The molecule has 6 heteroatoms. The molecule has 1 aliphatic heterocycles. The molecule has 0 unspecified atom stereocenters. The maximum absolute atomic E-state index is 14.1. The molecule has 3 aromatic rings. The van der Waals surface area contributed by atoms with Gasteiger partial charge in [-0.25, -0.2) is 4.39 Å². The number of thiocarbonyl (C=S) groups is 1. The van der Waals surface area contributed by atoms with Crippen LogP contribution in [0.25, 0.3) is 17.0 Å². The lowest BCUT2D eigenvalue weighted by Gasteiger charge is -2.10. The third kappa shape index (κ3) is 3.41. The van der Waals surface area contributed by atoms with Crippen molar-refractivity contribution in [3.63, 3.8) is 0 Å². The molecule has 140 valence electrons. The van der Waals surface area contributed by atoms with Crippen molar-refractivity contribution >= 4 is 51.2 Å². The molecule has 0 N–H and O–H groups in total. The third-order valence-electron chi connectivity index (χ3n) is 4.59. The number of aromatic nitrogens is 1. The number of carbonyl (C=O) groups is 1. The number of carbonyl (C=O) groups excluding carboxylic acids is 1. The summed E-state index contributed by atoms with van der Waals surface area (Å²) < 4.78 is 16.7. The standard InChI is InChI=1S/C22H17FN2OS2/c1-2-11-25-21(26)20(28-22(25)27)12-16-14-24(19-10-6-4-8-17(16)19)13-15-7-3-5-9-18(15)23/h2-10,12,14H,1,11,13H2/b20-12+. The number of hydrogen-bond donors (Lipinski definition) is 0. The van der Waals surface area contributed by atoms with Crippen LogP contribution in [0.3, 0.4) is 0 Å². The number of halogens is 1. The number of thioether (sulfide) groups is 1. The van der Waals surface area contributed by atoms with E-state index in [1.54, 1.807) is 18.2 Å². The SMILES string of the molecule is C=CCN1C(=O)/C(=C\c2cn(Cc3ccccc3F)c3ccccc23)SC1=S. The van der Waals surface area contributed by atoms with Gasteiger partial charge in [0.05, 0.1) is 11.4 Å². The van der Waals surface area contributed by atoms with E-state index in [4.69, 9.17) is 12.2 Å². The van der Waals surface area contributed by atoms with Gasteiger partial charge in [-0.3, -0.25) is 9.69 Å². The molecule has 28 heavy (non-hydrogen) atoms. The van der Waals surface area contributed by atoms with Crippen molar-refractivity contribution in [1.82, 2.24) is 9.47 Å². The summed E-state index contributed by atoms with van der Waals surface area (Å²) in [6.45, 7) is 4.49. The molecule has 0 radical (unpaired) electrons. The molecule has 1 aromatic heterocycles. The third-order valence-corrected chi connectivity index (χ3v) is 5.97. The molecule has 0 saturated carbocycles. The van der Waals surface area contributed by atoms with Gasteiger partial charge in [0, 0.05) is 34.8 Å². The Balaban J connectivity index is 1.75.